The second kappa shape index (κ2) is 5.38. The van der Waals surface area contributed by atoms with Crippen molar-refractivity contribution in [1.82, 2.24) is 4.98 Å². The van der Waals surface area contributed by atoms with Crippen LogP contribution in [0.5, 0.6) is 0 Å². The van der Waals surface area contributed by atoms with Crippen LogP contribution in [-0.2, 0) is 11.2 Å². The third-order valence-electron chi connectivity index (χ3n) is 4.70. The van der Waals surface area contributed by atoms with Gasteiger partial charge in [-0.25, -0.2) is 0 Å². The molecule has 2 aromatic rings. The SMILES string of the molecule is CC(=O)c1c(C)nc2c(c1-c1ccccc1)C1=C(C=CCC1=O)C2. The lowest BCUT2D eigenvalue weighted by Gasteiger charge is -2.17. The third kappa shape index (κ3) is 2.08. The first-order chi connectivity index (χ1) is 11.6. The number of allylic oxidation sites excluding steroid dienone is 4. The molecule has 118 valence electrons. The molecule has 1 heterocycles. The normalized spacial score (nSPS) is 15.5. The Kier molecular flexibility index (Phi) is 3.31. The minimum atomic E-state index is -0.0190. The standard InChI is InChI=1S/C21H17NO2/c1-12-18(13(2)23)20(14-7-4-3-5-8-14)21-16(22-12)11-15-9-6-10-17(24)19(15)21/h3-9H,10-11H2,1-2H3. The summed E-state index contributed by atoms with van der Waals surface area (Å²) < 4.78 is 0. The van der Waals surface area contributed by atoms with Gasteiger partial charge in [-0.15, -0.1) is 0 Å². The molecule has 24 heavy (non-hydrogen) atoms. The maximum absolute atomic E-state index is 12.6. The highest BCUT2D eigenvalue weighted by Gasteiger charge is 2.33. The minimum Gasteiger partial charge on any atom is -0.294 e. The van der Waals surface area contributed by atoms with Crippen LogP contribution in [0.4, 0.5) is 0 Å². The average Bonchev–Trinajstić information content (AvgIpc) is 2.93. The van der Waals surface area contributed by atoms with Crippen LogP contribution in [0.3, 0.4) is 0 Å². The molecule has 0 atom stereocenters. The maximum Gasteiger partial charge on any atom is 0.167 e. The maximum atomic E-state index is 12.6. The van der Waals surface area contributed by atoms with Crippen molar-refractivity contribution in [3.63, 3.8) is 0 Å². The Morgan fingerprint density at radius 3 is 2.58 bits per heavy atom. The summed E-state index contributed by atoms with van der Waals surface area (Å²) in [5, 5.41) is 0. The van der Waals surface area contributed by atoms with E-state index >= 15 is 0 Å². The fraction of sp³-hybridized carbons (Fsp3) is 0.190. The molecule has 2 aliphatic rings. The number of nitrogens with zero attached hydrogens (tertiary/aromatic N) is 1. The van der Waals surface area contributed by atoms with Crippen LogP contribution in [-0.4, -0.2) is 16.6 Å². The van der Waals surface area contributed by atoms with E-state index in [0.29, 0.717) is 18.4 Å². The van der Waals surface area contributed by atoms with Gasteiger partial charge < -0.3 is 0 Å². The minimum absolute atomic E-state index is 0.0190. The van der Waals surface area contributed by atoms with Crippen molar-refractivity contribution in [2.75, 3.05) is 0 Å². The molecule has 0 fully saturated rings. The van der Waals surface area contributed by atoms with Crippen LogP contribution in [0.1, 0.15) is 40.7 Å². The van der Waals surface area contributed by atoms with Gasteiger partial charge in [0.05, 0.1) is 5.69 Å². The van der Waals surface area contributed by atoms with E-state index in [1.54, 1.807) is 6.92 Å². The van der Waals surface area contributed by atoms with E-state index in [4.69, 9.17) is 0 Å². The number of Topliss-reactive ketones (excluding diaryl/α,β-unsaturated/α-hetero) is 2. The summed E-state index contributed by atoms with van der Waals surface area (Å²) in [6.07, 6.45) is 5.01. The molecule has 0 unspecified atom stereocenters. The summed E-state index contributed by atoms with van der Waals surface area (Å²) in [7, 11) is 0. The topological polar surface area (TPSA) is 47.0 Å². The van der Waals surface area contributed by atoms with E-state index in [0.717, 1.165) is 39.2 Å². The van der Waals surface area contributed by atoms with Gasteiger partial charge in [0.1, 0.15) is 0 Å². The van der Waals surface area contributed by atoms with Crippen molar-refractivity contribution in [1.29, 1.82) is 0 Å². The third-order valence-corrected chi connectivity index (χ3v) is 4.70. The highest BCUT2D eigenvalue weighted by molar-refractivity contribution is 6.27. The Balaban J connectivity index is 2.11. The van der Waals surface area contributed by atoms with Crippen LogP contribution in [0.2, 0.25) is 0 Å². The van der Waals surface area contributed by atoms with Crippen molar-refractivity contribution in [2.45, 2.75) is 26.7 Å². The zero-order valence-electron chi connectivity index (χ0n) is 13.7. The van der Waals surface area contributed by atoms with Gasteiger partial charge in [0.15, 0.2) is 11.6 Å². The molecule has 1 aromatic carbocycles. The summed E-state index contributed by atoms with van der Waals surface area (Å²) >= 11 is 0. The molecule has 3 heteroatoms. The molecule has 0 N–H and O–H groups in total. The van der Waals surface area contributed by atoms with Gasteiger partial charge >= 0.3 is 0 Å². The van der Waals surface area contributed by atoms with Gasteiger partial charge in [0.25, 0.3) is 0 Å². The van der Waals surface area contributed by atoms with Gasteiger partial charge in [-0.05, 0) is 25.0 Å². The Morgan fingerprint density at radius 2 is 1.88 bits per heavy atom. The van der Waals surface area contributed by atoms with Gasteiger partial charge in [0.2, 0.25) is 0 Å². The smallest absolute Gasteiger partial charge is 0.167 e. The first-order valence-corrected chi connectivity index (χ1v) is 8.11. The van der Waals surface area contributed by atoms with Crippen molar-refractivity contribution >= 4 is 17.1 Å². The Labute approximate surface area is 140 Å². The summed E-state index contributed by atoms with van der Waals surface area (Å²) in [5.74, 6) is 0.0955. The lowest BCUT2D eigenvalue weighted by molar-refractivity contribution is -0.113. The molecule has 0 radical (unpaired) electrons. The Bertz CT molecular complexity index is 950. The molecule has 0 aliphatic heterocycles. The molecule has 0 saturated carbocycles. The van der Waals surface area contributed by atoms with E-state index in [2.05, 4.69) is 4.98 Å². The zero-order valence-corrected chi connectivity index (χ0v) is 13.7. The predicted molar refractivity (Wildman–Crippen MR) is 93.8 cm³/mol. The summed E-state index contributed by atoms with van der Waals surface area (Å²) in [5.41, 5.74) is 6.71. The molecule has 0 saturated heterocycles. The highest BCUT2D eigenvalue weighted by Crippen LogP contribution is 2.44. The number of carbonyl (C=O) groups excluding carboxylic acids is 2. The van der Waals surface area contributed by atoms with Gasteiger partial charge in [-0.1, -0.05) is 42.5 Å². The largest absolute Gasteiger partial charge is 0.294 e. The van der Waals surface area contributed by atoms with Crippen LogP contribution < -0.4 is 0 Å². The van der Waals surface area contributed by atoms with Crippen molar-refractivity contribution in [3.05, 3.63) is 70.6 Å². The summed E-state index contributed by atoms with van der Waals surface area (Å²) in [6.45, 7) is 3.44. The van der Waals surface area contributed by atoms with Crippen molar-refractivity contribution < 1.29 is 9.59 Å². The Hall–Kier alpha value is -2.81. The predicted octanol–water partition coefficient (Wildman–Crippen LogP) is 4.10. The molecule has 2 aliphatic carbocycles. The zero-order chi connectivity index (χ0) is 16.8. The number of benzene rings is 1. The fourth-order valence-electron chi connectivity index (χ4n) is 3.79. The summed E-state index contributed by atoms with van der Waals surface area (Å²) in [6, 6.07) is 9.83. The number of fused-ring (bicyclic) bond motifs is 2. The monoisotopic (exact) mass is 315 g/mol. The molecule has 0 bridgehead atoms. The lowest BCUT2D eigenvalue weighted by Crippen LogP contribution is -2.10. The quantitative estimate of drug-likeness (QED) is 0.784. The first-order valence-electron chi connectivity index (χ1n) is 8.11. The van der Waals surface area contributed by atoms with Gasteiger partial charge in [0, 0.05) is 40.8 Å². The van der Waals surface area contributed by atoms with E-state index in [-0.39, 0.29) is 11.6 Å². The second-order valence-corrected chi connectivity index (χ2v) is 6.30. The number of carbonyl (C=O) groups is 2. The second-order valence-electron chi connectivity index (χ2n) is 6.30. The van der Waals surface area contributed by atoms with Gasteiger partial charge in [-0.3, -0.25) is 14.6 Å². The van der Waals surface area contributed by atoms with E-state index < -0.39 is 0 Å². The van der Waals surface area contributed by atoms with Crippen LogP contribution in [0.15, 0.2) is 48.1 Å². The van der Waals surface area contributed by atoms with Crippen LogP contribution >= 0.6 is 0 Å². The Morgan fingerprint density at radius 1 is 1.12 bits per heavy atom. The lowest BCUT2D eigenvalue weighted by atomic mass is 9.86. The number of hydrogen-bond donors (Lipinski definition) is 0. The molecular weight excluding hydrogens is 298 g/mol. The van der Waals surface area contributed by atoms with E-state index in [1.165, 1.54) is 0 Å². The number of rotatable bonds is 2. The molecule has 3 nitrogen and oxygen atoms in total. The van der Waals surface area contributed by atoms with Crippen LogP contribution in [0, 0.1) is 6.92 Å². The average molecular weight is 315 g/mol. The fourth-order valence-corrected chi connectivity index (χ4v) is 3.79. The molecule has 0 amide bonds. The molecule has 1 aromatic heterocycles. The number of aromatic nitrogens is 1. The van der Waals surface area contributed by atoms with Crippen molar-refractivity contribution in [3.8, 4) is 11.1 Å². The molecular formula is C21H17NO2. The number of hydrogen-bond acceptors (Lipinski definition) is 3. The van der Waals surface area contributed by atoms with E-state index in [9.17, 15) is 9.59 Å². The molecule has 4 rings (SSSR count). The van der Waals surface area contributed by atoms with E-state index in [1.807, 2.05) is 49.4 Å². The highest BCUT2D eigenvalue weighted by atomic mass is 16.1. The summed E-state index contributed by atoms with van der Waals surface area (Å²) in [4.78, 5) is 29.6. The van der Waals surface area contributed by atoms with Crippen LogP contribution in [0.25, 0.3) is 16.7 Å². The first kappa shape index (κ1) is 14.8. The van der Waals surface area contributed by atoms with Gasteiger partial charge in [-0.2, -0.15) is 0 Å². The number of ketones is 2. The van der Waals surface area contributed by atoms with Crippen molar-refractivity contribution in [2.24, 2.45) is 0 Å². The number of aryl methyl sites for hydroxylation is 1. The molecule has 0 spiro atoms. The number of pyridine rings is 1.